The van der Waals surface area contributed by atoms with E-state index in [9.17, 15) is 4.79 Å². The zero-order chi connectivity index (χ0) is 18.8. The standard InChI is InChI=1S/C20H13ClN2O2S2/c21-16-4-2-1-3-15(16)17-6-5-14(25-17)11-18-19(24)23(20(26)27-18)12-13-7-9-22-10-8-13/h1-11H,12H2/b18-11-. The smallest absolute Gasteiger partial charge is 0.266 e. The summed E-state index contributed by atoms with van der Waals surface area (Å²) in [6.45, 7) is 0.424. The SMILES string of the molecule is O=C1/C(=C/c2ccc(-c3ccccc3Cl)o2)SC(=S)N1Cc1ccncc1. The summed E-state index contributed by atoms with van der Waals surface area (Å²) in [5, 5.41) is 0.613. The molecule has 2 aromatic heterocycles. The lowest BCUT2D eigenvalue weighted by atomic mass is 10.2. The highest BCUT2D eigenvalue weighted by atomic mass is 35.5. The minimum Gasteiger partial charge on any atom is -0.457 e. The van der Waals surface area contributed by atoms with E-state index >= 15 is 0 Å². The predicted molar refractivity (Wildman–Crippen MR) is 112 cm³/mol. The Hall–Kier alpha value is -2.41. The zero-order valence-corrected chi connectivity index (χ0v) is 16.4. The molecule has 0 aliphatic carbocycles. The van der Waals surface area contributed by atoms with Gasteiger partial charge in [0.05, 0.1) is 16.5 Å². The van der Waals surface area contributed by atoms with Crippen LogP contribution in [-0.2, 0) is 11.3 Å². The number of aromatic nitrogens is 1. The van der Waals surface area contributed by atoms with Gasteiger partial charge in [0.1, 0.15) is 15.8 Å². The van der Waals surface area contributed by atoms with Crippen molar-refractivity contribution in [2.24, 2.45) is 0 Å². The van der Waals surface area contributed by atoms with Gasteiger partial charge in [0.25, 0.3) is 5.91 Å². The third-order valence-electron chi connectivity index (χ3n) is 4.00. The largest absolute Gasteiger partial charge is 0.457 e. The van der Waals surface area contributed by atoms with E-state index in [1.165, 1.54) is 11.8 Å². The molecule has 3 heterocycles. The van der Waals surface area contributed by atoms with Crippen molar-refractivity contribution in [3.8, 4) is 11.3 Å². The molecule has 1 saturated heterocycles. The summed E-state index contributed by atoms with van der Waals surface area (Å²) < 4.78 is 6.38. The second-order valence-electron chi connectivity index (χ2n) is 5.81. The number of pyridine rings is 1. The number of halogens is 1. The molecule has 0 saturated carbocycles. The molecule has 1 aliphatic heterocycles. The Labute approximate surface area is 170 Å². The Morgan fingerprint density at radius 1 is 1.15 bits per heavy atom. The third kappa shape index (κ3) is 3.83. The Morgan fingerprint density at radius 3 is 2.70 bits per heavy atom. The number of hydrogen-bond donors (Lipinski definition) is 0. The third-order valence-corrected chi connectivity index (χ3v) is 5.71. The fraction of sp³-hybridized carbons (Fsp3) is 0.0500. The highest BCUT2D eigenvalue weighted by molar-refractivity contribution is 8.26. The first-order valence-corrected chi connectivity index (χ1v) is 9.71. The monoisotopic (exact) mass is 412 g/mol. The lowest BCUT2D eigenvalue weighted by molar-refractivity contribution is -0.122. The van der Waals surface area contributed by atoms with E-state index in [-0.39, 0.29) is 5.91 Å². The number of thiocarbonyl (C=S) groups is 1. The van der Waals surface area contributed by atoms with Gasteiger partial charge in [-0.1, -0.05) is 47.7 Å². The molecule has 1 aliphatic rings. The van der Waals surface area contributed by atoms with Gasteiger partial charge in [-0.15, -0.1) is 0 Å². The highest BCUT2D eigenvalue weighted by Gasteiger charge is 2.32. The fourth-order valence-electron chi connectivity index (χ4n) is 2.67. The van der Waals surface area contributed by atoms with Crippen LogP contribution in [0.1, 0.15) is 11.3 Å². The van der Waals surface area contributed by atoms with Gasteiger partial charge in [-0.25, -0.2) is 0 Å². The van der Waals surface area contributed by atoms with Crippen molar-refractivity contribution in [2.45, 2.75) is 6.54 Å². The van der Waals surface area contributed by atoms with E-state index in [0.29, 0.717) is 32.3 Å². The van der Waals surface area contributed by atoms with Gasteiger partial charge < -0.3 is 4.42 Å². The number of carbonyl (C=O) groups is 1. The number of rotatable bonds is 4. The first kappa shape index (κ1) is 18.0. The molecule has 0 atom stereocenters. The first-order valence-electron chi connectivity index (χ1n) is 8.11. The molecule has 0 bridgehead atoms. The molecule has 1 amide bonds. The number of thioether (sulfide) groups is 1. The molecular weight excluding hydrogens is 400 g/mol. The van der Waals surface area contributed by atoms with Gasteiger partial charge in [0.15, 0.2) is 0 Å². The van der Waals surface area contributed by atoms with Gasteiger partial charge in [0.2, 0.25) is 0 Å². The van der Waals surface area contributed by atoms with Crippen molar-refractivity contribution >= 4 is 51.9 Å². The van der Waals surface area contributed by atoms with Crippen LogP contribution in [0.15, 0.2) is 70.2 Å². The molecule has 27 heavy (non-hydrogen) atoms. The van der Waals surface area contributed by atoms with E-state index in [2.05, 4.69) is 4.98 Å². The van der Waals surface area contributed by atoms with Crippen LogP contribution < -0.4 is 0 Å². The molecule has 7 heteroatoms. The summed E-state index contributed by atoms with van der Waals surface area (Å²) in [5.41, 5.74) is 1.78. The molecule has 0 radical (unpaired) electrons. The van der Waals surface area contributed by atoms with Gasteiger partial charge in [-0.3, -0.25) is 14.7 Å². The van der Waals surface area contributed by atoms with Crippen LogP contribution in [0, 0.1) is 0 Å². The number of nitrogens with zero attached hydrogens (tertiary/aromatic N) is 2. The zero-order valence-electron chi connectivity index (χ0n) is 14.0. The second kappa shape index (κ2) is 7.68. The Balaban J connectivity index is 1.56. The molecule has 3 aromatic rings. The van der Waals surface area contributed by atoms with Crippen molar-refractivity contribution in [2.75, 3.05) is 0 Å². The highest BCUT2D eigenvalue weighted by Crippen LogP contribution is 2.35. The average Bonchev–Trinajstić information content (AvgIpc) is 3.23. The summed E-state index contributed by atoms with van der Waals surface area (Å²) in [5.74, 6) is 1.10. The van der Waals surface area contributed by atoms with Crippen LogP contribution in [0.2, 0.25) is 5.02 Å². The van der Waals surface area contributed by atoms with Crippen LogP contribution in [-0.4, -0.2) is 20.1 Å². The van der Waals surface area contributed by atoms with E-state index in [0.717, 1.165) is 11.1 Å². The summed E-state index contributed by atoms with van der Waals surface area (Å²) in [6, 6.07) is 14.8. The van der Waals surface area contributed by atoms with E-state index < -0.39 is 0 Å². The maximum absolute atomic E-state index is 12.7. The number of benzene rings is 1. The van der Waals surface area contributed by atoms with Crippen LogP contribution in [0.25, 0.3) is 17.4 Å². The minimum absolute atomic E-state index is 0.127. The number of carbonyl (C=O) groups excluding carboxylic acids is 1. The second-order valence-corrected chi connectivity index (χ2v) is 7.89. The van der Waals surface area contributed by atoms with E-state index in [4.69, 9.17) is 28.2 Å². The molecule has 134 valence electrons. The molecular formula is C20H13ClN2O2S2. The van der Waals surface area contributed by atoms with Gasteiger partial charge in [-0.2, -0.15) is 0 Å². The summed E-state index contributed by atoms with van der Waals surface area (Å²) in [7, 11) is 0. The van der Waals surface area contributed by atoms with Gasteiger partial charge in [-0.05, 0) is 42.0 Å². The van der Waals surface area contributed by atoms with Crippen molar-refractivity contribution < 1.29 is 9.21 Å². The average molecular weight is 413 g/mol. The van der Waals surface area contributed by atoms with Crippen LogP contribution in [0.3, 0.4) is 0 Å². The van der Waals surface area contributed by atoms with Crippen molar-refractivity contribution in [3.63, 3.8) is 0 Å². The van der Waals surface area contributed by atoms with Crippen LogP contribution in [0.4, 0.5) is 0 Å². The van der Waals surface area contributed by atoms with Gasteiger partial charge in [0, 0.05) is 24.0 Å². The molecule has 4 rings (SSSR count). The number of hydrogen-bond acceptors (Lipinski definition) is 5. The van der Waals surface area contributed by atoms with E-state index in [1.54, 1.807) is 23.4 Å². The number of furan rings is 1. The fourth-order valence-corrected chi connectivity index (χ4v) is 4.14. The Morgan fingerprint density at radius 2 is 1.93 bits per heavy atom. The Bertz CT molecular complexity index is 1050. The summed E-state index contributed by atoms with van der Waals surface area (Å²) in [6.07, 6.45) is 5.11. The first-order chi connectivity index (χ1) is 13.1. The lowest BCUT2D eigenvalue weighted by Gasteiger charge is -2.13. The van der Waals surface area contributed by atoms with Gasteiger partial charge >= 0.3 is 0 Å². The van der Waals surface area contributed by atoms with Crippen LogP contribution in [0.5, 0.6) is 0 Å². The molecule has 0 unspecified atom stereocenters. The van der Waals surface area contributed by atoms with E-state index in [1.807, 2.05) is 48.5 Å². The quantitative estimate of drug-likeness (QED) is 0.424. The molecule has 4 nitrogen and oxygen atoms in total. The summed E-state index contributed by atoms with van der Waals surface area (Å²) >= 11 is 12.9. The summed E-state index contributed by atoms with van der Waals surface area (Å²) in [4.78, 5) is 18.8. The van der Waals surface area contributed by atoms with Crippen LogP contribution >= 0.6 is 35.6 Å². The molecule has 1 aromatic carbocycles. The minimum atomic E-state index is -0.127. The van der Waals surface area contributed by atoms with Crippen molar-refractivity contribution in [1.82, 2.24) is 9.88 Å². The molecule has 0 spiro atoms. The van der Waals surface area contributed by atoms with Crippen molar-refractivity contribution in [1.29, 1.82) is 0 Å². The number of amides is 1. The maximum Gasteiger partial charge on any atom is 0.266 e. The predicted octanol–water partition coefficient (Wildman–Crippen LogP) is 5.40. The normalized spacial score (nSPS) is 15.7. The Kier molecular flexibility index (Phi) is 5.11. The lowest BCUT2D eigenvalue weighted by Crippen LogP contribution is -2.27. The molecule has 0 N–H and O–H groups in total. The topological polar surface area (TPSA) is 46.3 Å². The van der Waals surface area contributed by atoms with Crippen molar-refractivity contribution in [3.05, 3.63) is 82.2 Å². The molecule has 1 fully saturated rings. The maximum atomic E-state index is 12.7.